The lowest BCUT2D eigenvalue weighted by Crippen LogP contribution is -2.31. The molecule has 1 fully saturated rings. The van der Waals surface area contributed by atoms with Crippen LogP contribution in [0, 0.1) is 5.82 Å². The van der Waals surface area contributed by atoms with Crippen LogP contribution in [0.15, 0.2) is 42.9 Å². The molecule has 0 bridgehead atoms. The summed E-state index contributed by atoms with van der Waals surface area (Å²) in [4.78, 5) is 21.8. The van der Waals surface area contributed by atoms with Crippen LogP contribution in [0.1, 0.15) is 16.8 Å². The van der Waals surface area contributed by atoms with E-state index in [0.717, 1.165) is 0 Å². The van der Waals surface area contributed by atoms with Gasteiger partial charge in [0.25, 0.3) is 5.91 Å². The molecule has 0 radical (unpaired) electrons. The monoisotopic (exact) mass is 287 g/mol. The SMILES string of the molecule is O=C(c1ccccc1F)N1CCC(Oc2cnccn2)C1. The third-order valence-corrected chi connectivity index (χ3v) is 3.36. The molecule has 0 saturated carbocycles. The lowest BCUT2D eigenvalue weighted by Gasteiger charge is -2.17. The van der Waals surface area contributed by atoms with Gasteiger partial charge < -0.3 is 9.64 Å². The maximum Gasteiger partial charge on any atom is 0.256 e. The van der Waals surface area contributed by atoms with E-state index in [-0.39, 0.29) is 17.6 Å². The molecule has 1 aliphatic rings. The van der Waals surface area contributed by atoms with Crippen LogP contribution >= 0.6 is 0 Å². The number of rotatable bonds is 3. The number of hydrogen-bond donors (Lipinski definition) is 0. The zero-order valence-electron chi connectivity index (χ0n) is 11.3. The Morgan fingerprint density at radius 3 is 2.95 bits per heavy atom. The molecule has 1 unspecified atom stereocenters. The van der Waals surface area contributed by atoms with Gasteiger partial charge in [-0.15, -0.1) is 0 Å². The number of nitrogens with zero attached hydrogens (tertiary/aromatic N) is 3. The Labute approximate surface area is 121 Å². The van der Waals surface area contributed by atoms with Gasteiger partial charge in [0.1, 0.15) is 11.9 Å². The number of amides is 1. The summed E-state index contributed by atoms with van der Waals surface area (Å²) >= 11 is 0. The Bertz CT molecular complexity index is 636. The number of hydrogen-bond acceptors (Lipinski definition) is 4. The van der Waals surface area contributed by atoms with Gasteiger partial charge in [0, 0.05) is 25.4 Å². The summed E-state index contributed by atoms with van der Waals surface area (Å²) in [6.07, 6.45) is 5.19. The Kier molecular flexibility index (Phi) is 3.77. The van der Waals surface area contributed by atoms with Crippen molar-refractivity contribution < 1.29 is 13.9 Å². The van der Waals surface area contributed by atoms with E-state index in [2.05, 4.69) is 9.97 Å². The Morgan fingerprint density at radius 2 is 2.19 bits per heavy atom. The molecule has 1 amide bonds. The Morgan fingerprint density at radius 1 is 1.33 bits per heavy atom. The normalized spacial score (nSPS) is 17.8. The molecular formula is C15H14FN3O2. The molecule has 0 spiro atoms. The number of carbonyl (C=O) groups excluding carboxylic acids is 1. The highest BCUT2D eigenvalue weighted by Gasteiger charge is 2.29. The molecule has 2 heterocycles. The molecule has 1 aliphatic heterocycles. The van der Waals surface area contributed by atoms with Crippen LogP contribution in [0.5, 0.6) is 5.88 Å². The molecule has 6 heteroatoms. The highest BCUT2D eigenvalue weighted by Crippen LogP contribution is 2.19. The first-order chi connectivity index (χ1) is 10.2. The summed E-state index contributed by atoms with van der Waals surface area (Å²) in [7, 11) is 0. The molecule has 1 aromatic heterocycles. The molecule has 1 aromatic carbocycles. The lowest BCUT2D eigenvalue weighted by atomic mass is 10.2. The molecule has 0 N–H and O–H groups in total. The second-order valence-corrected chi connectivity index (χ2v) is 4.80. The number of halogens is 1. The second-order valence-electron chi connectivity index (χ2n) is 4.80. The van der Waals surface area contributed by atoms with E-state index in [1.54, 1.807) is 29.4 Å². The smallest absolute Gasteiger partial charge is 0.256 e. The van der Waals surface area contributed by atoms with Crippen molar-refractivity contribution in [2.24, 2.45) is 0 Å². The molecule has 108 valence electrons. The van der Waals surface area contributed by atoms with Crippen molar-refractivity contribution in [3.8, 4) is 5.88 Å². The van der Waals surface area contributed by atoms with E-state index >= 15 is 0 Å². The summed E-state index contributed by atoms with van der Waals surface area (Å²) < 4.78 is 19.3. The Balaban J connectivity index is 1.65. The maximum absolute atomic E-state index is 13.6. The average Bonchev–Trinajstić information content (AvgIpc) is 2.97. The van der Waals surface area contributed by atoms with Gasteiger partial charge in [0.15, 0.2) is 0 Å². The molecule has 21 heavy (non-hydrogen) atoms. The quantitative estimate of drug-likeness (QED) is 0.865. The maximum atomic E-state index is 13.6. The van der Waals surface area contributed by atoms with Gasteiger partial charge in [-0.25, -0.2) is 9.37 Å². The van der Waals surface area contributed by atoms with Crippen molar-refractivity contribution >= 4 is 5.91 Å². The third kappa shape index (κ3) is 2.99. The van der Waals surface area contributed by atoms with E-state index in [9.17, 15) is 9.18 Å². The van der Waals surface area contributed by atoms with Crippen molar-refractivity contribution in [1.82, 2.24) is 14.9 Å². The van der Waals surface area contributed by atoms with Crippen LogP contribution in [-0.4, -0.2) is 40.0 Å². The fourth-order valence-corrected chi connectivity index (χ4v) is 2.33. The van der Waals surface area contributed by atoms with Crippen molar-refractivity contribution in [2.75, 3.05) is 13.1 Å². The fourth-order valence-electron chi connectivity index (χ4n) is 2.33. The van der Waals surface area contributed by atoms with Gasteiger partial charge in [0.2, 0.25) is 5.88 Å². The largest absolute Gasteiger partial charge is 0.471 e. The van der Waals surface area contributed by atoms with Crippen LogP contribution in [0.4, 0.5) is 4.39 Å². The van der Waals surface area contributed by atoms with Crippen LogP contribution in [0.3, 0.4) is 0 Å². The van der Waals surface area contributed by atoms with Gasteiger partial charge in [-0.05, 0) is 12.1 Å². The minimum atomic E-state index is -0.499. The van der Waals surface area contributed by atoms with Crippen molar-refractivity contribution in [1.29, 1.82) is 0 Å². The van der Waals surface area contributed by atoms with Crippen LogP contribution in [0.2, 0.25) is 0 Å². The zero-order chi connectivity index (χ0) is 14.7. The summed E-state index contributed by atoms with van der Waals surface area (Å²) in [5, 5.41) is 0. The van der Waals surface area contributed by atoms with E-state index in [1.165, 1.54) is 18.3 Å². The Hall–Kier alpha value is -2.50. The van der Waals surface area contributed by atoms with Gasteiger partial charge in [0.05, 0.1) is 18.3 Å². The molecule has 3 rings (SSSR count). The topological polar surface area (TPSA) is 55.3 Å². The minimum absolute atomic E-state index is 0.0950. The van der Waals surface area contributed by atoms with E-state index in [0.29, 0.717) is 25.4 Å². The summed E-state index contributed by atoms with van der Waals surface area (Å²) in [5.74, 6) is -0.373. The van der Waals surface area contributed by atoms with Gasteiger partial charge in [-0.3, -0.25) is 9.78 Å². The highest BCUT2D eigenvalue weighted by molar-refractivity contribution is 5.94. The molecule has 1 atom stereocenters. The number of likely N-dealkylation sites (tertiary alicyclic amines) is 1. The van der Waals surface area contributed by atoms with E-state index in [4.69, 9.17) is 4.74 Å². The molecular weight excluding hydrogens is 273 g/mol. The summed E-state index contributed by atoms with van der Waals surface area (Å²) in [5.41, 5.74) is 0.0950. The summed E-state index contributed by atoms with van der Waals surface area (Å²) in [6, 6.07) is 6.00. The number of carbonyl (C=O) groups is 1. The van der Waals surface area contributed by atoms with Gasteiger partial charge in [-0.1, -0.05) is 12.1 Å². The number of benzene rings is 1. The fraction of sp³-hybridized carbons (Fsp3) is 0.267. The highest BCUT2D eigenvalue weighted by atomic mass is 19.1. The van der Waals surface area contributed by atoms with E-state index in [1.807, 2.05) is 0 Å². The molecule has 0 aliphatic carbocycles. The first-order valence-corrected chi connectivity index (χ1v) is 6.70. The predicted molar refractivity (Wildman–Crippen MR) is 73.4 cm³/mol. The van der Waals surface area contributed by atoms with Crippen LogP contribution < -0.4 is 4.74 Å². The second kappa shape index (κ2) is 5.87. The number of ether oxygens (including phenoxy) is 1. The standard InChI is InChI=1S/C15H14FN3O2/c16-13-4-2-1-3-12(13)15(20)19-8-5-11(10-19)21-14-9-17-6-7-18-14/h1-4,6-7,9,11H,5,8,10H2. The summed E-state index contributed by atoms with van der Waals surface area (Å²) in [6.45, 7) is 0.960. The lowest BCUT2D eigenvalue weighted by molar-refractivity contribution is 0.0766. The first kappa shape index (κ1) is 13.5. The third-order valence-electron chi connectivity index (χ3n) is 3.36. The van der Waals surface area contributed by atoms with Crippen molar-refractivity contribution in [3.63, 3.8) is 0 Å². The van der Waals surface area contributed by atoms with Gasteiger partial charge >= 0.3 is 0 Å². The number of aromatic nitrogens is 2. The molecule has 1 saturated heterocycles. The van der Waals surface area contributed by atoms with Crippen molar-refractivity contribution in [2.45, 2.75) is 12.5 Å². The van der Waals surface area contributed by atoms with E-state index < -0.39 is 5.82 Å². The van der Waals surface area contributed by atoms with Crippen LogP contribution in [-0.2, 0) is 0 Å². The van der Waals surface area contributed by atoms with Crippen LogP contribution in [0.25, 0.3) is 0 Å². The van der Waals surface area contributed by atoms with Gasteiger partial charge in [-0.2, -0.15) is 0 Å². The molecule has 2 aromatic rings. The molecule has 5 nitrogen and oxygen atoms in total. The average molecular weight is 287 g/mol. The first-order valence-electron chi connectivity index (χ1n) is 6.70. The zero-order valence-corrected chi connectivity index (χ0v) is 11.3. The minimum Gasteiger partial charge on any atom is -0.471 e. The van der Waals surface area contributed by atoms with Crippen molar-refractivity contribution in [3.05, 3.63) is 54.2 Å². The predicted octanol–water partition coefficient (Wildman–Crippen LogP) is 1.91.